The average molecular weight is 277 g/mol. The molecule has 4 nitrogen and oxygen atoms in total. The van der Waals surface area contributed by atoms with Gasteiger partial charge in [0.1, 0.15) is 0 Å². The molecule has 1 saturated heterocycles. The van der Waals surface area contributed by atoms with Crippen LogP contribution in [0.1, 0.15) is 46.3 Å². The van der Waals surface area contributed by atoms with Crippen molar-refractivity contribution >= 4 is 5.91 Å². The van der Waals surface area contributed by atoms with Crippen LogP contribution in [0.25, 0.3) is 0 Å². The van der Waals surface area contributed by atoms with Crippen LogP contribution in [-0.4, -0.2) is 25.6 Å². The van der Waals surface area contributed by atoms with E-state index in [1.54, 1.807) is 25.3 Å². The van der Waals surface area contributed by atoms with Crippen LogP contribution in [0.2, 0.25) is 0 Å². The molecule has 0 aromatic heterocycles. The van der Waals surface area contributed by atoms with E-state index >= 15 is 0 Å². The summed E-state index contributed by atoms with van der Waals surface area (Å²) >= 11 is 0. The molecule has 2 aliphatic rings. The van der Waals surface area contributed by atoms with Crippen molar-refractivity contribution in [2.75, 3.05) is 13.7 Å². The largest absolute Gasteiger partial charge is 0.493 e. The molecule has 1 aliphatic carbocycles. The van der Waals surface area contributed by atoms with Gasteiger partial charge in [0.15, 0.2) is 11.5 Å². The van der Waals surface area contributed by atoms with E-state index in [4.69, 9.17) is 12.2 Å². The van der Waals surface area contributed by atoms with Gasteiger partial charge in [0.25, 0.3) is 0 Å². The standard InChI is InChI=1S/C16H21NO3/c1-19-14-7-6-11(12-9-16(18)17-10-12)8-15(14)20-13-4-2-3-5-13/h6-8,12-13H,2-5,9-10H2,1H3,(H,17,18)/i12D,13D. The van der Waals surface area contributed by atoms with E-state index in [1.807, 2.05) is 0 Å². The Hall–Kier alpha value is -1.71. The van der Waals surface area contributed by atoms with Crippen molar-refractivity contribution in [1.29, 1.82) is 0 Å². The third-order valence-electron chi connectivity index (χ3n) is 3.86. The summed E-state index contributed by atoms with van der Waals surface area (Å²) in [7, 11) is 1.56. The van der Waals surface area contributed by atoms with Crippen LogP contribution < -0.4 is 14.8 Å². The number of ether oxygens (including phenoxy) is 2. The Kier molecular flexibility index (Phi) is 3.15. The third kappa shape index (κ3) is 2.74. The molecule has 4 heteroatoms. The highest BCUT2D eigenvalue weighted by molar-refractivity contribution is 5.79. The number of benzene rings is 1. The molecule has 1 N–H and O–H groups in total. The molecule has 1 atom stereocenters. The van der Waals surface area contributed by atoms with Gasteiger partial charge in [-0.15, -0.1) is 0 Å². The number of hydrogen-bond donors (Lipinski definition) is 1. The fourth-order valence-corrected chi connectivity index (χ4v) is 2.73. The summed E-state index contributed by atoms with van der Waals surface area (Å²) in [6.45, 7) is 0.295. The minimum atomic E-state index is -0.980. The maximum atomic E-state index is 11.5. The van der Waals surface area contributed by atoms with E-state index in [-0.39, 0.29) is 12.3 Å². The van der Waals surface area contributed by atoms with Gasteiger partial charge in [0.05, 0.1) is 14.6 Å². The van der Waals surface area contributed by atoms with Gasteiger partial charge in [-0.25, -0.2) is 0 Å². The van der Waals surface area contributed by atoms with E-state index in [9.17, 15) is 4.79 Å². The SMILES string of the molecule is [2H]C1(Oc2cc(C3([2H])CNC(=O)C3)ccc2OC)CCCC1. The molecule has 0 bridgehead atoms. The lowest BCUT2D eigenvalue weighted by Gasteiger charge is -2.18. The molecule has 1 unspecified atom stereocenters. The van der Waals surface area contributed by atoms with Gasteiger partial charge >= 0.3 is 0 Å². The maximum absolute atomic E-state index is 11.5. The number of nitrogens with one attached hydrogen (secondary N) is 1. The number of methoxy groups -OCH3 is 1. The predicted octanol–water partition coefficient (Wildman–Crippen LogP) is 2.62. The van der Waals surface area contributed by atoms with Crippen molar-refractivity contribution < 1.29 is 17.0 Å². The van der Waals surface area contributed by atoms with E-state index < -0.39 is 12.0 Å². The molecule has 3 rings (SSSR count). The van der Waals surface area contributed by atoms with E-state index in [2.05, 4.69) is 5.32 Å². The summed E-state index contributed by atoms with van der Waals surface area (Å²) < 4.78 is 28.1. The molecular formula is C16H21NO3. The predicted molar refractivity (Wildman–Crippen MR) is 76.2 cm³/mol. The van der Waals surface area contributed by atoms with Crippen LogP contribution in [0, 0.1) is 0 Å². The summed E-state index contributed by atoms with van der Waals surface area (Å²) in [5, 5.41) is 2.70. The molecule has 0 spiro atoms. The van der Waals surface area contributed by atoms with Crippen molar-refractivity contribution in [2.45, 2.75) is 44.1 Å². The first kappa shape index (κ1) is 11.0. The maximum Gasteiger partial charge on any atom is 0.220 e. The smallest absolute Gasteiger partial charge is 0.220 e. The first-order chi connectivity index (χ1) is 10.4. The monoisotopic (exact) mass is 277 g/mol. The Bertz CT molecular complexity index is 587. The molecule has 20 heavy (non-hydrogen) atoms. The molecule has 108 valence electrons. The second kappa shape index (κ2) is 5.73. The zero-order chi connectivity index (χ0) is 15.8. The highest BCUT2D eigenvalue weighted by Crippen LogP contribution is 2.35. The summed E-state index contributed by atoms with van der Waals surface area (Å²) in [6.07, 6.45) is 2.62. The van der Waals surface area contributed by atoms with Crippen LogP contribution in [0.15, 0.2) is 18.2 Å². The van der Waals surface area contributed by atoms with Gasteiger partial charge in [0, 0.05) is 20.2 Å². The summed E-state index contributed by atoms with van der Waals surface area (Å²) in [5.74, 6) is -0.0427. The summed E-state index contributed by atoms with van der Waals surface area (Å²) in [6, 6.07) is 5.30. The minimum Gasteiger partial charge on any atom is -0.493 e. The topological polar surface area (TPSA) is 47.6 Å². The lowest BCUT2D eigenvalue weighted by Crippen LogP contribution is -2.14. The molecule has 1 aromatic rings. The first-order valence-corrected chi connectivity index (χ1v) is 7.08. The average Bonchev–Trinajstić information content (AvgIpc) is 3.06. The van der Waals surface area contributed by atoms with Gasteiger partial charge in [-0.1, -0.05) is 6.07 Å². The van der Waals surface area contributed by atoms with Crippen LogP contribution in [0.4, 0.5) is 0 Å². The molecule has 1 aromatic carbocycles. The molecule has 1 saturated carbocycles. The van der Waals surface area contributed by atoms with Crippen LogP contribution in [0.5, 0.6) is 11.5 Å². The molecule has 0 radical (unpaired) electrons. The van der Waals surface area contributed by atoms with Crippen molar-refractivity contribution in [1.82, 2.24) is 5.32 Å². The fourth-order valence-electron chi connectivity index (χ4n) is 2.73. The van der Waals surface area contributed by atoms with Crippen molar-refractivity contribution in [2.24, 2.45) is 0 Å². The second-order valence-electron chi connectivity index (χ2n) is 5.27. The van der Waals surface area contributed by atoms with Gasteiger partial charge in [0.2, 0.25) is 5.91 Å². The molecule has 1 aliphatic heterocycles. The first-order valence-electron chi connectivity index (χ1n) is 8.08. The van der Waals surface area contributed by atoms with Gasteiger partial charge in [-0.05, 0) is 43.4 Å². The second-order valence-corrected chi connectivity index (χ2v) is 5.27. The van der Waals surface area contributed by atoms with Crippen molar-refractivity contribution in [3.63, 3.8) is 0 Å². The van der Waals surface area contributed by atoms with E-state index in [1.165, 1.54) is 0 Å². The number of carbonyl (C=O) groups is 1. The molecule has 2 fully saturated rings. The van der Waals surface area contributed by atoms with Crippen LogP contribution in [-0.2, 0) is 4.79 Å². The minimum absolute atomic E-state index is 0.110. The zero-order valence-corrected chi connectivity index (χ0v) is 11.7. The fraction of sp³-hybridized carbons (Fsp3) is 0.562. The number of hydrogen-bond acceptors (Lipinski definition) is 3. The molecule has 1 amide bonds. The normalized spacial score (nSPS) is 29.6. The zero-order valence-electron chi connectivity index (χ0n) is 13.7. The van der Waals surface area contributed by atoms with Crippen LogP contribution >= 0.6 is 0 Å². The number of amides is 1. The highest BCUT2D eigenvalue weighted by Gasteiger charge is 2.25. The van der Waals surface area contributed by atoms with Crippen molar-refractivity contribution in [3.05, 3.63) is 23.8 Å². The lowest BCUT2D eigenvalue weighted by atomic mass is 9.98. The van der Waals surface area contributed by atoms with Crippen molar-refractivity contribution in [3.8, 4) is 11.5 Å². The van der Waals surface area contributed by atoms with Gasteiger partial charge in [-0.2, -0.15) is 0 Å². The lowest BCUT2D eigenvalue weighted by molar-refractivity contribution is -0.119. The number of carbonyl (C=O) groups excluding carboxylic acids is 1. The van der Waals surface area contributed by atoms with E-state index in [0.717, 1.165) is 12.8 Å². The van der Waals surface area contributed by atoms with Gasteiger partial charge in [-0.3, -0.25) is 4.79 Å². The number of rotatable bonds is 4. The summed E-state index contributed by atoms with van der Waals surface area (Å²) in [5.41, 5.74) is 0.711. The Labute approximate surface area is 122 Å². The van der Waals surface area contributed by atoms with Crippen LogP contribution in [0.3, 0.4) is 0 Å². The highest BCUT2D eigenvalue weighted by atomic mass is 16.5. The Balaban J connectivity index is 1.91. The quantitative estimate of drug-likeness (QED) is 0.920. The Morgan fingerprint density at radius 2 is 2.10 bits per heavy atom. The summed E-state index contributed by atoms with van der Waals surface area (Å²) in [4.78, 5) is 11.5. The molecule has 1 heterocycles. The van der Waals surface area contributed by atoms with Gasteiger partial charge < -0.3 is 14.8 Å². The Morgan fingerprint density at radius 3 is 2.75 bits per heavy atom. The van der Waals surface area contributed by atoms with E-state index in [0.29, 0.717) is 36.4 Å². The molecular weight excluding hydrogens is 254 g/mol. The Morgan fingerprint density at radius 1 is 1.30 bits per heavy atom. The third-order valence-corrected chi connectivity index (χ3v) is 3.86.